The van der Waals surface area contributed by atoms with Gasteiger partial charge in [-0.1, -0.05) is 17.7 Å². The van der Waals surface area contributed by atoms with Gasteiger partial charge in [0, 0.05) is 19.2 Å². The maximum atomic E-state index is 11.4. The third-order valence-electron chi connectivity index (χ3n) is 2.11. The molecule has 2 N–H and O–H groups in total. The molecule has 3 heteroatoms. The van der Waals surface area contributed by atoms with Crippen LogP contribution in [0.1, 0.15) is 21.5 Å². The Hall–Kier alpha value is -1.35. The zero-order chi connectivity index (χ0) is 10.6. The van der Waals surface area contributed by atoms with Gasteiger partial charge in [0.1, 0.15) is 0 Å². The van der Waals surface area contributed by atoms with Crippen LogP contribution in [-0.4, -0.2) is 24.7 Å². The van der Waals surface area contributed by atoms with Gasteiger partial charge in [0.2, 0.25) is 0 Å². The molecule has 1 amide bonds. The van der Waals surface area contributed by atoms with Crippen LogP contribution in [0.5, 0.6) is 0 Å². The predicted octanol–water partition coefficient (Wildman–Crippen LogP) is 0.889. The summed E-state index contributed by atoms with van der Waals surface area (Å²) in [5.41, 5.74) is 2.64. The van der Waals surface area contributed by atoms with Gasteiger partial charge in [0.25, 0.3) is 5.91 Å². The number of rotatable bonds is 3. The lowest BCUT2D eigenvalue weighted by Crippen LogP contribution is -2.20. The van der Waals surface area contributed by atoms with Crippen molar-refractivity contribution in [3.63, 3.8) is 0 Å². The Bertz CT molecular complexity index is 334. The molecule has 0 heterocycles. The smallest absolute Gasteiger partial charge is 0.251 e. The van der Waals surface area contributed by atoms with Crippen LogP contribution in [0.4, 0.5) is 0 Å². The highest BCUT2D eigenvalue weighted by molar-refractivity contribution is 5.95. The molecule has 0 aliphatic heterocycles. The average Bonchev–Trinajstić information content (AvgIpc) is 2.17. The number of hydrogen-bond acceptors (Lipinski definition) is 2. The minimum Gasteiger partial charge on any atom is -0.396 e. The minimum absolute atomic E-state index is 0.0629. The van der Waals surface area contributed by atoms with Crippen molar-refractivity contribution in [2.24, 2.45) is 0 Å². The lowest BCUT2D eigenvalue weighted by Gasteiger charge is -2.07. The number of benzene rings is 1. The number of aliphatic hydroxyl groups is 1. The van der Waals surface area contributed by atoms with Crippen molar-refractivity contribution in [1.29, 1.82) is 0 Å². The number of nitrogens with one attached hydrogen (secondary N) is 1. The Labute approximate surface area is 83.8 Å². The van der Waals surface area contributed by atoms with E-state index in [-0.39, 0.29) is 12.5 Å². The van der Waals surface area contributed by atoms with Gasteiger partial charge in [-0.05, 0) is 25.0 Å². The monoisotopic (exact) mass is 193 g/mol. The quantitative estimate of drug-likeness (QED) is 0.749. The molecule has 0 aliphatic rings. The van der Waals surface area contributed by atoms with Crippen molar-refractivity contribution in [2.45, 2.75) is 13.3 Å². The summed E-state index contributed by atoms with van der Waals surface area (Å²) in [6, 6.07) is 5.62. The van der Waals surface area contributed by atoms with Gasteiger partial charge >= 0.3 is 0 Å². The molecule has 0 saturated heterocycles. The molecule has 0 bridgehead atoms. The Balaban J connectivity index is 3.07. The molecular formula is C11H15NO2. The number of aliphatic hydroxyl groups excluding tert-OH is 1. The normalized spacial score (nSPS) is 9.93. The molecule has 76 valence electrons. The zero-order valence-electron chi connectivity index (χ0n) is 8.50. The first kappa shape index (κ1) is 10.7. The largest absolute Gasteiger partial charge is 0.396 e. The molecule has 0 radical (unpaired) electrons. The first-order valence-corrected chi connectivity index (χ1v) is 4.61. The maximum absolute atomic E-state index is 11.4. The van der Waals surface area contributed by atoms with E-state index in [1.807, 2.05) is 19.1 Å². The van der Waals surface area contributed by atoms with E-state index in [2.05, 4.69) is 5.32 Å². The summed E-state index contributed by atoms with van der Waals surface area (Å²) >= 11 is 0. The molecule has 0 spiro atoms. The molecule has 0 aliphatic carbocycles. The molecule has 14 heavy (non-hydrogen) atoms. The van der Waals surface area contributed by atoms with Gasteiger partial charge in [-0.2, -0.15) is 0 Å². The molecule has 0 unspecified atom stereocenters. The van der Waals surface area contributed by atoms with E-state index >= 15 is 0 Å². The van der Waals surface area contributed by atoms with E-state index in [9.17, 15) is 4.79 Å². The Morgan fingerprint density at radius 2 is 2.21 bits per heavy atom. The van der Waals surface area contributed by atoms with Gasteiger partial charge in [0.05, 0.1) is 0 Å². The van der Waals surface area contributed by atoms with Crippen LogP contribution in [0.15, 0.2) is 18.2 Å². The van der Waals surface area contributed by atoms with Gasteiger partial charge in [-0.15, -0.1) is 0 Å². The molecule has 3 nitrogen and oxygen atoms in total. The highest BCUT2D eigenvalue weighted by Crippen LogP contribution is 2.12. The second kappa shape index (κ2) is 4.77. The van der Waals surface area contributed by atoms with Gasteiger partial charge in [0.15, 0.2) is 0 Å². The van der Waals surface area contributed by atoms with Crippen LogP contribution < -0.4 is 5.32 Å². The first-order chi connectivity index (χ1) is 6.69. The van der Waals surface area contributed by atoms with E-state index in [1.54, 1.807) is 13.1 Å². The van der Waals surface area contributed by atoms with E-state index < -0.39 is 0 Å². The van der Waals surface area contributed by atoms with Crippen molar-refractivity contribution < 1.29 is 9.90 Å². The highest BCUT2D eigenvalue weighted by atomic mass is 16.3. The van der Waals surface area contributed by atoms with E-state index in [0.29, 0.717) is 12.0 Å². The van der Waals surface area contributed by atoms with E-state index in [4.69, 9.17) is 5.11 Å². The summed E-state index contributed by atoms with van der Waals surface area (Å²) in [5, 5.41) is 11.4. The van der Waals surface area contributed by atoms with E-state index in [1.165, 1.54) is 0 Å². The summed E-state index contributed by atoms with van der Waals surface area (Å²) in [6.45, 7) is 2.03. The van der Waals surface area contributed by atoms with Crippen LogP contribution in [-0.2, 0) is 6.42 Å². The third-order valence-corrected chi connectivity index (χ3v) is 2.11. The van der Waals surface area contributed by atoms with Gasteiger partial charge in [-0.25, -0.2) is 0 Å². The molecule has 1 rings (SSSR count). The van der Waals surface area contributed by atoms with Crippen molar-refractivity contribution in [2.75, 3.05) is 13.7 Å². The minimum atomic E-state index is -0.103. The molecule has 0 saturated carbocycles. The number of hydrogen-bond donors (Lipinski definition) is 2. The lowest BCUT2D eigenvalue weighted by atomic mass is 10.0. The zero-order valence-corrected chi connectivity index (χ0v) is 8.50. The molecule has 0 fully saturated rings. The van der Waals surface area contributed by atoms with Crippen LogP contribution in [0.3, 0.4) is 0 Å². The Morgan fingerprint density at radius 1 is 1.50 bits per heavy atom. The van der Waals surface area contributed by atoms with Crippen LogP contribution >= 0.6 is 0 Å². The molecule has 1 aromatic rings. The third kappa shape index (κ3) is 2.33. The van der Waals surface area contributed by atoms with Crippen molar-refractivity contribution in [1.82, 2.24) is 5.32 Å². The molecular weight excluding hydrogens is 178 g/mol. The number of amides is 1. The number of aryl methyl sites for hydroxylation is 1. The second-order valence-corrected chi connectivity index (χ2v) is 3.21. The standard InChI is InChI=1S/C11H15NO2/c1-8-3-4-10(11(14)12-2)9(7-8)5-6-13/h3-4,7,13H,5-6H2,1-2H3,(H,12,14). The van der Waals surface area contributed by atoms with Crippen molar-refractivity contribution >= 4 is 5.91 Å². The lowest BCUT2D eigenvalue weighted by molar-refractivity contribution is 0.0962. The fourth-order valence-electron chi connectivity index (χ4n) is 1.41. The number of carbonyl (C=O) groups is 1. The predicted molar refractivity (Wildman–Crippen MR) is 55.4 cm³/mol. The summed E-state index contributed by atoms with van der Waals surface area (Å²) in [4.78, 5) is 11.4. The highest BCUT2D eigenvalue weighted by Gasteiger charge is 2.08. The molecule has 0 atom stereocenters. The summed E-state index contributed by atoms with van der Waals surface area (Å²) in [7, 11) is 1.60. The van der Waals surface area contributed by atoms with Crippen LogP contribution in [0.2, 0.25) is 0 Å². The SMILES string of the molecule is CNC(=O)c1ccc(C)cc1CCO. The van der Waals surface area contributed by atoms with Gasteiger partial charge in [-0.3, -0.25) is 4.79 Å². The average molecular weight is 193 g/mol. The summed E-state index contributed by atoms with van der Waals surface area (Å²) < 4.78 is 0. The molecule has 1 aromatic carbocycles. The summed E-state index contributed by atoms with van der Waals surface area (Å²) in [6.07, 6.45) is 0.518. The van der Waals surface area contributed by atoms with Crippen molar-refractivity contribution in [3.8, 4) is 0 Å². The maximum Gasteiger partial charge on any atom is 0.251 e. The fraction of sp³-hybridized carbons (Fsp3) is 0.364. The summed E-state index contributed by atoms with van der Waals surface area (Å²) in [5.74, 6) is -0.103. The second-order valence-electron chi connectivity index (χ2n) is 3.21. The van der Waals surface area contributed by atoms with E-state index in [0.717, 1.165) is 11.1 Å². The topological polar surface area (TPSA) is 49.3 Å². The molecule has 0 aromatic heterocycles. The Kier molecular flexibility index (Phi) is 3.65. The van der Waals surface area contributed by atoms with Gasteiger partial charge < -0.3 is 10.4 Å². The Morgan fingerprint density at radius 3 is 2.79 bits per heavy atom. The van der Waals surface area contributed by atoms with Crippen LogP contribution in [0, 0.1) is 6.92 Å². The van der Waals surface area contributed by atoms with Crippen LogP contribution in [0.25, 0.3) is 0 Å². The first-order valence-electron chi connectivity index (χ1n) is 4.61. The number of carbonyl (C=O) groups excluding carboxylic acids is 1. The van der Waals surface area contributed by atoms with Crippen molar-refractivity contribution in [3.05, 3.63) is 34.9 Å². The fourth-order valence-corrected chi connectivity index (χ4v) is 1.41.